The average Bonchev–Trinajstić information content (AvgIpc) is 2.96. The van der Waals surface area contributed by atoms with Crippen LogP contribution in [0.3, 0.4) is 0 Å². The first-order valence-electron chi connectivity index (χ1n) is 8.07. The van der Waals surface area contributed by atoms with Gasteiger partial charge in [-0.3, -0.25) is 9.89 Å². The Kier molecular flexibility index (Phi) is 7.70. The Morgan fingerprint density at radius 3 is 2.82 bits per heavy atom. The van der Waals surface area contributed by atoms with E-state index in [4.69, 9.17) is 4.74 Å². The molecule has 1 fully saturated rings. The Bertz CT molecular complexity index is 455. The summed E-state index contributed by atoms with van der Waals surface area (Å²) >= 11 is 1.79. The summed E-state index contributed by atoms with van der Waals surface area (Å²) in [6, 6.07) is 2.16. The third-order valence-corrected chi connectivity index (χ3v) is 4.93. The third kappa shape index (κ3) is 5.94. The lowest BCUT2D eigenvalue weighted by atomic mass is 10.2. The molecule has 6 heteroatoms. The molecule has 5 nitrogen and oxygen atoms in total. The van der Waals surface area contributed by atoms with Gasteiger partial charge in [-0.1, -0.05) is 0 Å². The van der Waals surface area contributed by atoms with Gasteiger partial charge >= 0.3 is 0 Å². The molecule has 22 heavy (non-hydrogen) atoms. The van der Waals surface area contributed by atoms with Gasteiger partial charge in [-0.25, -0.2) is 0 Å². The summed E-state index contributed by atoms with van der Waals surface area (Å²) < 4.78 is 5.36. The number of thiophene rings is 1. The number of hydrogen-bond donors (Lipinski definition) is 2. The Labute approximate surface area is 137 Å². The summed E-state index contributed by atoms with van der Waals surface area (Å²) in [5, 5.41) is 8.90. The zero-order chi connectivity index (χ0) is 15.6. The second kappa shape index (κ2) is 9.82. The molecule has 1 aromatic rings. The molecule has 1 aliphatic rings. The molecule has 0 spiro atoms. The van der Waals surface area contributed by atoms with Crippen LogP contribution in [-0.4, -0.2) is 57.3 Å². The molecule has 0 bridgehead atoms. The largest absolute Gasteiger partial charge is 0.379 e. The molecule has 0 radical (unpaired) electrons. The van der Waals surface area contributed by atoms with Crippen LogP contribution in [0.4, 0.5) is 0 Å². The van der Waals surface area contributed by atoms with E-state index in [-0.39, 0.29) is 0 Å². The molecule has 2 rings (SSSR count). The molecule has 0 amide bonds. The van der Waals surface area contributed by atoms with Crippen LogP contribution in [-0.2, 0) is 11.3 Å². The first-order chi connectivity index (χ1) is 10.8. The molecule has 124 valence electrons. The van der Waals surface area contributed by atoms with Crippen molar-refractivity contribution >= 4 is 17.3 Å². The smallest absolute Gasteiger partial charge is 0.191 e. The molecule has 0 aromatic carbocycles. The number of nitrogens with one attached hydrogen (secondary N) is 2. The molecular formula is C16H28N4OS. The van der Waals surface area contributed by atoms with Crippen LogP contribution in [0.15, 0.2) is 16.4 Å². The van der Waals surface area contributed by atoms with Crippen LogP contribution in [0.5, 0.6) is 0 Å². The second-order valence-corrected chi connectivity index (χ2v) is 6.54. The number of aliphatic imine (C=N–C) groups is 1. The van der Waals surface area contributed by atoms with E-state index in [1.54, 1.807) is 11.3 Å². The lowest BCUT2D eigenvalue weighted by molar-refractivity contribution is 0.0372. The van der Waals surface area contributed by atoms with Crippen molar-refractivity contribution < 1.29 is 4.74 Å². The highest BCUT2D eigenvalue weighted by Gasteiger charge is 2.09. The van der Waals surface area contributed by atoms with E-state index in [1.165, 1.54) is 23.4 Å². The van der Waals surface area contributed by atoms with E-state index in [1.807, 2.05) is 7.05 Å². The van der Waals surface area contributed by atoms with E-state index in [0.29, 0.717) is 0 Å². The zero-order valence-electron chi connectivity index (χ0n) is 13.7. The highest BCUT2D eigenvalue weighted by molar-refractivity contribution is 7.10. The van der Waals surface area contributed by atoms with Gasteiger partial charge in [0.25, 0.3) is 0 Å². The van der Waals surface area contributed by atoms with Crippen molar-refractivity contribution in [2.75, 3.05) is 46.4 Å². The second-order valence-electron chi connectivity index (χ2n) is 5.54. The van der Waals surface area contributed by atoms with Crippen molar-refractivity contribution in [1.29, 1.82) is 0 Å². The Morgan fingerprint density at radius 1 is 1.32 bits per heavy atom. The van der Waals surface area contributed by atoms with Crippen molar-refractivity contribution in [3.8, 4) is 0 Å². The minimum Gasteiger partial charge on any atom is -0.379 e. The number of unbranched alkanes of at least 4 members (excludes halogenated alkanes) is 1. The summed E-state index contributed by atoms with van der Waals surface area (Å²) in [7, 11) is 1.82. The van der Waals surface area contributed by atoms with Crippen LogP contribution in [0.1, 0.15) is 23.3 Å². The summed E-state index contributed by atoms with van der Waals surface area (Å²) in [5.74, 6) is 0.888. The summed E-state index contributed by atoms with van der Waals surface area (Å²) in [6.07, 6.45) is 2.38. The fourth-order valence-corrected chi connectivity index (χ4v) is 3.31. The van der Waals surface area contributed by atoms with Gasteiger partial charge in [-0.2, -0.15) is 0 Å². The number of hydrogen-bond acceptors (Lipinski definition) is 4. The van der Waals surface area contributed by atoms with Crippen molar-refractivity contribution in [1.82, 2.24) is 15.5 Å². The number of rotatable bonds is 7. The van der Waals surface area contributed by atoms with Gasteiger partial charge in [0.2, 0.25) is 0 Å². The number of aryl methyl sites for hydroxylation is 1. The molecule has 1 aromatic heterocycles. The molecule has 1 saturated heterocycles. The zero-order valence-corrected chi connectivity index (χ0v) is 14.5. The first-order valence-corrected chi connectivity index (χ1v) is 8.95. The van der Waals surface area contributed by atoms with Crippen molar-refractivity contribution in [3.63, 3.8) is 0 Å². The Hall–Kier alpha value is -1.11. The summed E-state index contributed by atoms with van der Waals surface area (Å²) in [5.41, 5.74) is 1.35. The van der Waals surface area contributed by atoms with Gasteiger partial charge in [0, 0.05) is 31.6 Å². The van der Waals surface area contributed by atoms with Gasteiger partial charge in [-0.15, -0.1) is 11.3 Å². The molecule has 0 unspecified atom stereocenters. The topological polar surface area (TPSA) is 48.9 Å². The fourth-order valence-electron chi connectivity index (χ4n) is 2.46. The third-order valence-electron chi connectivity index (χ3n) is 3.91. The van der Waals surface area contributed by atoms with Crippen LogP contribution in [0.25, 0.3) is 0 Å². The summed E-state index contributed by atoms with van der Waals surface area (Å²) in [6.45, 7) is 9.06. The number of ether oxygens (including phenoxy) is 1. The number of nitrogens with zero attached hydrogens (tertiary/aromatic N) is 2. The Balaban J connectivity index is 1.55. The minimum atomic E-state index is 0.844. The highest BCUT2D eigenvalue weighted by Crippen LogP contribution is 2.14. The molecule has 2 heterocycles. The van der Waals surface area contributed by atoms with Crippen LogP contribution < -0.4 is 10.6 Å². The van der Waals surface area contributed by atoms with Gasteiger partial charge in [0.15, 0.2) is 5.96 Å². The van der Waals surface area contributed by atoms with E-state index in [2.05, 4.69) is 38.9 Å². The lowest BCUT2D eigenvalue weighted by Gasteiger charge is -2.26. The highest BCUT2D eigenvalue weighted by atomic mass is 32.1. The van der Waals surface area contributed by atoms with E-state index < -0.39 is 0 Å². The van der Waals surface area contributed by atoms with Crippen molar-refractivity contribution in [2.24, 2.45) is 4.99 Å². The normalized spacial score (nSPS) is 16.7. The number of guanidine groups is 1. The van der Waals surface area contributed by atoms with Crippen molar-refractivity contribution in [3.05, 3.63) is 21.9 Å². The number of morpholine rings is 1. The van der Waals surface area contributed by atoms with Crippen LogP contribution in [0.2, 0.25) is 0 Å². The fraction of sp³-hybridized carbons (Fsp3) is 0.688. The molecule has 2 N–H and O–H groups in total. The monoisotopic (exact) mass is 324 g/mol. The van der Waals surface area contributed by atoms with Gasteiger partial charge < -0.3 is 15.4 Å². The van der Waals surface area contributed by atoms with E-state index >= 15 is 0 Å². The van der Waals surface area contributed by atoms with Crippen molar-refractivity contribution in [2.45, 2.75) is 26.3 Å². The molecule has 0 aliphatic carbocycles. The van der Waals surface area contributed by atoms with E-state index in [0.717, 1.165) is 51.8 Å². The maximum absolute atomic E-state index is 5.36. The molecular weight excluding hydrogens is 296 g/mol. The lowest BCUT2D eigenvalue weighted by Crippen LogP contribution is -2.38. The standard InChI is InChI=1S/C16H28N4OS/c1-14-5-12-22-15(14)13-19-16(17-2)18-6-3-4-7-20-8-10-21-11-9-20/h5,12H,3-4,6-11,13H2,1-2H3,(H2,17,18,19). The van der Waals surface area contributed by atoms with Gasteiger partial charge in [-0.05, 0) is 43.3 Å². The molecule has 0 atom stereocenters. The summed E-state index contributed by atoms with van der Waals surface area (Å²) in [4.78, 5) is 8.13. The maximum Gasteiger partial charge on any atom is 0.191 e. The average molecular weight is 324 g/mol. The Morgan fingerprint density at radius 2 is 2.14 bits per heavy atom. The van der Waals surface area contributed by atoms with Gasteiger partial charge in [0.1, 0.15) is 0 Å². The maximum atomic E-state index is 5.36. The van der Waals surface area contributed by atoms with Crippen LogP contribution in [0, 0.1) is 6.92 Å². The molecule has 1 aliphatic heterocycles. The first kappa shape index (κ1) is 17.2. The predicted octanol–water partition coefficient (Wildman–Crippen LogP) is 1.83. The SMILES string of the molecule is CN=C(NCCCCN1CCOCC1)NCc1sccc1C. The minimum absolute atomic E-state index is 0.844. The van der Waals surface area contributed by atoms with Gasteiger partial charge in [0.05, 0.1) is 19.8 Å². The predicted molar refractivity (Wildman–Crippen MR) is 93.8 cm³/mol. The van der Waals surface area contributed by atoms with Crippen LogP contribution >= 0.6 is 11.3 Å². The molecule has 0 saturated carbocycles. The quantitative estimate of drug-likeness (QED) is 0.456. The van der Waals surface area contributed by atoms with E-state index in [9.17, 15) is 0 Å².